The van der Waals surface area contributed by atoms with Gasteiger partial charge in [-0.3, -0.25) is 0 Å². The SMILES string of the molecule is CN1CCCCC1CCSCCCO. The van der Waals surface area contributed by atoms with E-state index in [2.05, 4.69) is 11.9 Å². The highest BCUT2D eigenvalue weighted by Crippen LogP contribution is 2.19. The Morgan fingerprint density at radius 2 is 2.21 bits per heavy atom. The minimum absolute atomic E-state index is 0.344. The molecule has 1 aliphatic rings. The molecule has 0 aromatic rings. The molecule has 0 radical (unpaired) electrons. The Kier molecular flexibility index (Phi) is 6.65. The number of likely N-dealkylation sites (tertiary alicyclic amines) is 1. The number of aliphatic hydroxyl groups is 1. The van der Waals surface area contributed by atoms with Gasteiger partial charge in [0.05, 0.1) is 0 Å². The summed E-state index contributed by atoms with van der Waals surface area (Å²) in [5, 5.41) is 8.63. The molecule has 0 bridgehead atoms. The molecule has 14 heavy (non-hydrogen) atoms. The molecule has 1 aliphatic heterocycles. The van der Waals surface area contributed by atoms with Crippen molar-refractivity contribution < 1.29 is 5.11 Å². The van der Waals surface area contributed by atoms with Crippen molar-refractivity contribution in [3.05, 3.63) is 0 Å². The van der Waals surface area contributed by atoms with Crippen LogP contribution in [0.4, 0.5) is 0 Å². The summed E-state index contributed by atoms with van der Waals surface area (Å²) in [6.45, 7) is 1.63. The van der Waals surface area contributed by atoms with Gasteiger partial charge in [0.25, 0.3) is 0 Å². The van der Waals surface area contributed by atoms with Gasteiger partial charge in [0.1, 0.15) is 0 Å². The lowest BCUT2D eigenvalue weighted by atomic mass is 10.0. The third-order valence-corrected chi connectivity index (χ3v) is 4.07. The standard InChI is InChI=1S/C11H23NOS/c1-12-7-3-2-5-11(12)6-10-14-9-4-8-13/h11,13H,2-10H2,1H3. The smallest absolute Gasteiger partial charge is 0.0438 e. The second kappa shape index (κ2) is 7.55. The summed E-state index contributed by atoms with van der Waals surface area (Å²) >= 11 is 1.99. The Balaban J connectivity index is 1.99. The van der Waals surface area contributed by atoms with Gasteiger partial charge in [-0.05, 0) is 50.8 Å². The lowest BCUT2D eigenvalue weighted by Gasteiger charge is -2.32. The Morgan fingerprint density at radius 1 is 1.36 bits per heavy atom. The van der Waals surface area contributed by atoms with Crippen molar-refractivity contribution in [1.29, 1.82) is 0 Å². The highest BCUT2D eigenvalue weighted by Gasteiger charge is 2.17. The van der Waals surface area contributed by atoms with Crippen molar-refractivity contribution in [2.75, 3.05) is 31.7 Å². The first kappa shape index (κ1) is 12.3. The van der Waals surface area contributed by atoms with E-state index >= 15 is 0 Å². The largest absolute Gasteiger partial charge is 0.396 e. The summed E-state index contributed by atoms with van der Waals surface area (Å²) in [6.07, 6.45) is 6.45. The molecule has 2 nitrogen and oxygen atoms in total. The maximum Gasteiger partial charge on any atom is 0.0438 e. The van der Waals surface area contributed by atoms with Crippen molar-refractivity contribution in [3.63, 3.8) is 0 Å². The molecule has 1 fully saturated rings. The summed E-state index contributed by atoms with van der Waals surface area (Å²) in [6, 6.07) is 0.824. The van der Waals surface area contributed by atoms with E-state index in [1.165, 1.54) is 38.0 Å². The number of piperidine rings is 1. The minimum Gasteiger partial charge on any atom is -0.396 e. The van der Waals surface area contributed by atoms with E-state index in [9.17, 15) is 0 Å². The molecule has 1 unspecified atom stereocenters. The van der Waals surface area contributed by atoms with Crippen LogP contribution in [-0.4, -0.2) is 47.8 Å². The van der Waals surface area contributed by atoms with Gasteiger partial charge in [0, 0.05) is 12.6 Å². The summed E-state index contributed by atoms with van der Waals surface area (Å²) < 4.78 is 0. The number of hydrogen-bond acceptors (Lipinski definition) is 3. The third kappa shape index (κ3) is 4.67. The van der Waals surface area contributed by atoms with Crippen LogP contribution in [0.3, 0.4) is 0 Å². The lowest BCUT2D eigenvalue weighted by molar-refractivity contribution is 0.182. The first-order valence-electron chi connectivity index (χ1n) is 5.73. The van der Waals surface area contributed by atoms with E-state index in [0.29, 0.717) is 6.61 Å². The molecule has 0 saturated carbocycles. The summed E-state index contributed by atoms with van der Waals surface area (Å²) in [7, 11) is 2.25. The highest BCUT2D eigenvalue weighted by atomic mass is 32.2. The van der Waals surface area contributed by atoms with Crippen LogP contribution in [0.15, 0.2) is 0 Å². The van der Waals surface area contributed by atoms with E-state index in [-0.39, 0.29) is 0 Å². The van der Waals surface area contributed by atoms with Gasteiger partial charge in [-0.2, -0.15) is 11.8 Å². The fourth-order valence-electron chi connectivity index (χ4n) is 2.00. The molecule has 0 aliphatic carbocycles. The molecule has 1 atom stereocenters. The first-order chi connectivity index (χ1) is 6.84. The lowest BCUT2D eigenvalue weighted by Crippen LogP contribution is -2.36. The van der Waals surface area contributed by atoms with Crippen LogP contribution in [-0.2, 0) is 0 Å². The molecule has 0 aromatic heterocycles. The number of thioether (sulfide) groups is 1. The average molecular weight is 217 g/mol. The van der Waals surface area contributed by atoms with Crippen molar-refractivity contribution in [3.8, 4) is 0 Å². The van der Waals surface area contributed by atoms with Gasteiger partial charge < -0.3 is 10.0 Å². The molecule has 0 aromatic carbocycles. The second-order valence-electron chi connectivity index (χ2n) is 4.11. The van der Waals surface area contributed by atoms with E-state index in [1.54, 1.807) is 0 Å². The van der Waals surface area contributed by atoms with Crippen LogP contribution >= 0.6 is 11.8 Å². The number of rotatable bonds is 6. The Morgan fingerprint density at radius 3 is 2.93 bits per heavy atom. The van der Waals surface area contributed by atoms with Gasteiger partial charge in [0.2, 0.25) is 0 Å². The van der Waals surface area contributed by atoms with E-state index in [4.69, 9.17) is 5.11 Å². The van der Waals surface area contributed by atoms with E-state index in [1.807, 2.05) is 11.8 Å². The molecule has 1 saturated heterocycles. The first-order valence-corrected chi connectivity index (χ1v) is 6.89. The van der Waals surface area contributed by atoms with Crippen molar-refractivity contribution in [1.82, 2.24) is 4.90 Å². The van der Waals surface area contributed by atoms with Gasteiger partial charge in [-0.1, -0.05) is 6.42 Å². The minimum atomic E-state index is 0.344. The summed E-state index contributed by atoms with van der Waals surface area (Å²) in [5.74, 6) is 2.38. The molecule has 1 N–H and O–H groups in total. The quantitative estimate of drug-likeness (QED) is 0.688. The van der Waals surface area contributed by atoms with E-state index < -0.39 is 0 Å². The predicted octanol–water partition coefficient (Wildman–Crippen LogP) is 1.98. The van der Waals surface area contributed by atoms with Crippen LogP contribution in [0, 0.1) is 0 Å². The summed E-state index contributed by atoms with van der Waals surface area (Å²) in [5.41, 5.74) is 0. The third-order valence-electron chi connectivity index (χ3n) is 2.96. The predicted molar refractivity (Wildman–Crippen MR) is 63.9 cm³/mol. The van der Waals surface area contributed by atoms with Crippen LogP contribution in [0.1, 0.15) is 32.1 Å². The fourth-order valence-corrected chi connectivity index (χ4v) is 2.97. The molecule has 3 heteroatoms. The molecular formula is C11H23NOS. The second-order valence-corrected chi connectivity index (χ2v) is 5.33. The number of hydrogen-bond donors (Lipinski definition) is 1. The summed E-state index contributed by atoms with van der Waals surface area (Å²) in [4.78, 5) is 2.51. The van der Waals surface area contributed by atoms with Crippen LogP contribution in [0.5, 0.6) is 0 Å². The Hall–Kier alpha value is 0.270. The van der Waals surface area contributed by atoms with E-state index in [0.717, 1.165) is 18.2 Å². The van der Waals surface area contributed by atoms with Crippen LogP contribution in [0.25, 0.3) is 0 Å². The zero-order valence-corrected chi connectivity index (χ0v) is 10.1. The fraction of sp³-hybridized carbons (Fsp3) is 1.00. The van der Waals surface area contributed by atoms with Gasteiger partial charge in [0.15, 0.2) is 0 Å². The molecule has 1 rings (SSSR count). The van der Waals surface area contributed by atoms with Crippen molar-refractivity contribution in [2.24, 2.45) is 0 Å². The van der Waals surface area contributed by atoms with Gasteiger partial charge in [-0.15, -0.1) is 0 Å². The zero-order chi connectivity index (χ0) is 10.2. The number of aliphatic hydroxyl groups excluding tert-OH is 1. The van der Waals surface area contributed by atoms with Gasteiger partial charge >= 0.3 is 0 Å². The number of nitrogens with zero attached hydrogens (tertiary/aromatic N) is 1. The molecule has 0 spiro atoms. The molecule has 1 heterocycles. The highest BCUT2D eigenvalue weighted by molar-refractivity contribution is 7.99. The van der Waals surface area contributed by atoms with Crippen molar-refractivity contribution in [2.45, 2.75) is 38.1 Å². The molecule has 84 valence electrons. The maximum absolute atomic E-state index is 8.63. The molecule has 0 amide bonds. The maximum atomic E-state index is 8.63. The Bertz CT molecular complexity index is 143. The monoisotopic (exact) mass is 217 g/mol. The topological polar surface area (TPSA) is 23.5 Å². The Labute approximate surface area is 92.1 Å². The van der Waals surface area contributed by atoms with Crippen LogP contribution in [0.2, 0.25) is 0 Å². The van der Waals surface area contributed by atoms with Crippen molar-refractivity contribution >= 4 is 11.8 Å². The molecular weight excluding hydrogens is 194 g/mol. The zero-order valence-electron chi connectivity index (χ0n) is 9.24. The average Bonchev–Trinajstić information content (AvgIpc) is 2.20. The van der Waals surface area contributed by atoms with Gasteiger partial charge in [-0.25, -0.2) is 0 Å². The normalized spacial score (nSPS) is 24.0. The van der Waals surface area contributed by atoms with Crippen LogP contribution < -0.4 is 0 Å².